The quantitative estimate of drug-likeness (QED) is 0.422. The SMILES string of the molecule is COc1cc(F)c2nccc([C@@H](O)[C@H](O)C3CCC(NC/C=C/c4cc(F)ccc4F)CC3)c2c1. The molecular weight excluding hydrogens is 457 g/mol. The summed E-state index contributed by atoms with van der Waals surface area (Å²) in [5, 5.41) is 25.7. The summed E-state index contributed by atoms with van der Waals surface area (Å²) in [6, 6.07) is 8.00. The molecule has 1 aliphatic carbocycles. The molecule has 2 aromatic carbocycles. The van der Waals surface area contributed by atoms with Gasteiger partial charge in [0, 0.05) is 35.8 Å². The zero-order valence-corrected chi connectivity index (χ0v) is 19.4. The Morgan fingerprint density at radius 2 is 1.83 bits per heavy atom. The summed E-state index contributed by atoms with van der Waals surface area (Å²) >= 11 is 0. The van der Waals surface area contributed by atoms with Gasteiger partial charge in [-0.3, -0.25) is 4.98 Å². The number of aliphatic hydroxyl groups excluding tert-OH is 2. The number of aliphatic hydroxyl groups is 2. The average molecular weight is 487 g/mol. The third-order valence-corrected chi connectivity index (χ3v) is 6.72. The largest absolute Gasteiger partial charge is 0.497 e. The summed E-state index contributed by atoms with van der Waals surface area (Å²) in [7, 11) is 1.43. The molecule has 0 aliphatic heterocycles. The van der Waals surface area contributed by atoms with Crippen molar-refractivity contribution in [3.05, 3.63) is 77.2 Å². The lowest BCUT2D eigenvalue weighted by molar-refractivity contribution is -0.0299. The van der Waals surface area contributed by atoms with Gasteiger partial charge in [0.05, 0.1) is 13.2 Å². The monoisotopic (exact) mass is 486 g/mol. The molecule has 0 spiro atoms. The van der Waals surface area contributed by atoms with Gasteiger partial charge in [0.25, 0.3) is 0 Å². The molecule has 186 valence electrons. The van der Waals surface area contributed by atoms with Crippen LogP contribution in [-0.4, -0.2) is 41.0 Å². The Balaban J connectivity index is 1.33. The van der Waals surface area contributed by atoms with Gasteiger partial charge >= 0.3 is 0 Å². The summed E-state index contributed by atoms with van der Waals surface area (Å²) in [5.41, 5.74) is 0.734. The first kappa shape index (κ1) is 25.2. The number of fused-ring (bicyclic) bond motifs is 1. The van der Waals surface area contributed by atoms with E-state index in [1.807, 2.05) is 0 Å². The third-order valence-electron chi connectivity index (χ3n) is 6.72. The van der Waals surface area contributed by atoms with Crippen LogP contribution in [0.1, 0.15) is 42.9 Å². The van der Waals surface area contributed by atoms with Crippen LogP contribution in [0.15, 0.2) is 48.7 Å². The van der Waals surface area contributed by atoms with E-state index in [9.17, 15) is 23.4 Å². The Bertz CT molecular complexity index is 1200. The van der Waals surface area contributed by atoms with E-state index in [0.29, 0.717) is 36.1 Å². The van der Waals surface area contributed by atoms with Crippen LogP contribution in [0.2, 0.25) is 0 Å². The van der Waals surface area contributed by atoms with E-state index in [1.165, 1.54) is 19.4 Å². The van der Waals surface area contributed by atoms with E-state index in [2.05, 4.69) is 10.3 Å². The van der Waals surface area contributed by atoms with E-state index < -0.39 is 29.7 Å². The van der Waals surface area contributed by atoms with Crippen LogP contribution in [0.3, 0.4) is 0 Å². The minimum Gasteiger partial charge on any atom is -0.497 e. The fourth-order valence-corrected chi connectivity index (χ4v) is 4.75. The second-order valence-electron chi connectivity index (χ2n) is 8.93. The first-order chi connectivity index (χ1) is 16.9. The molecule has 2 atom stereocenters. The van der Waals surface area contributed by atoms with Crippen LogP contribution in [0.25, 0.3) is 17.0 Å². The molecule has 1 aromatic heterocycles. The molecule has 4 rings (SSSR count). The normalized spacial score (nSPS) is 20.3. The number of hydrogen-bond acceptors (Lipinski definition) is 5. The molecular formula is C27H29F3N2O3. The van der Waals surface area contributed by atoms with Gasteiger partial charge in [-0.2, -0.15) is 0 Å². The predicted octanol–water partition coefficient (Wildman–Crippen LogP) is 4.92. The minimum atomic E-state index is -1.19. The Labute approximate surface area is 202 Å². The lowest BCUT2D eigenvalue weighted by Crippen LogP contribution is -2.37. The van der Waals surface area contributed by atoms with Gasteiger partial charge in [0.15, 0.2) is 5.82 Å². The van der Waals surface area contributed by atoms with Crippen LogP contribution < -0.4 is 10.1 Å². The Kier molecular flexibility index (Phi) is 8.05. The van der Waals surface area contributed by atoms with Crippen molar-refractivity contribution in [1.29, 1.82) is 0 Å². The Morgan fingerprint density at radius 3 is 2.57 bits per heavy atom. The number of methoxy groups -OCH3 is 1. The van der Waals surface area contributed by atoms with Crippen LogP contribution in [0, 0.1) is 23.4 Å². The number of hydrogen-bond donors (Lipinski definition) is 3. The van der Waals surface area contributed by atoms with Gasteiger partial charge in [-0.15, -0.1) is 0 Å². The highest BCUT2D eigenvalue weighted by Crippen LogP contribution is 2.36. The molecule has 0 saturated heterocycles. The number of pyridine rings is 1. The van der Waals surface area contributed by atoms with Crippen molar-refractivity contribution in [3.63, 3.8) is 0 Å². The highest BCUT2D eigenvalue weighted by molar-refractivity contribution is 5.84. The second kappa shape index (κ2) is 11.2. The van der Waals surface area contributed by atoms with Gasteiger partial charge < -0.3 is 20.3 Å². The smallest absolute Gasteiger partial charge is 0.153 e. The number of halogens is 3. The summed E-state index contributed by atoms with van der Waals surface area (Å²) in [5.74, 6) is -1.31. The van der Waals surface area contributed by atoms with E-state index in [-0.39, 0.29) is 23.0 Å². The fourth-order valence-electron chi connectivity index (χ4n) is 4.75. The third kappa shape index (κ3) is 5.83. The second-order valence-corrected chi connectivity index (χ2v) is 8.93. The van der Waals surface area contributed by atoms with E-state index in [4.69, 9.17) is 4.74 Å². The molecule has 0 radical (unpaired) electrons. The lowest BCUT2D eigenvalue weighted by Gasteiger charge is -2.34. The summed E-state index contributed by atoms with van der Waals surface area (Å²) in [6.45, 7) is 0.507. The number of benzene rings is 2. The standard InChI is InChI=1S/C27H29F3N2O3/c1-35-20-14-22-21(10-12-32-25(22)24(30)15-20)27(34)26(33)16-4-7-19(8-5-16)31-11-2-3-17-13-18(28)6-9-23(17)29/h2-3,6,9-10,12-16,19,26-27,31,33-34H,4-5,7-8,11H2,1H3/b3-2+/t16?,19?,26-,27-/m1/s1. The first-order valence-electron chi connectivity index (χ1n) is 11.7. The van der Waals surface area contributed by atoms with Gasteiger partial charge in [-0.25, -0.2) is 13.2 Å². The number of nitrogens with one attached hydrogen (secondary N) is 1. The maximum absolute atomic E-state index is 14.4. The zero-order valence-electron chi connectivity index (χ0n) is 19.4. The van der Waals surface area contributed by atoms with Crippen molar-refractivity contribution in [3.8, 4) is 5.75 Å². The minimum absolute atomic E-state index is 0.112. The van der Waals surface area contributed by atoms with E-state index in [1.54, 1.807) is 24.3 Å². The molecule has 1 aliphatic rings. The fraction of sp³-hybridized carbons (Fsp3) is 0.370. The van der Waals surface area contributed by atoms with Gasteiger partial charge in [-0.05, 0) is 67.5 Å². The van der Waals surface area contributed by atoms with E-state index >= 15 is 0 Å². The molecule has 0 bridgehead atoms. The Hall–Kier alpha value is -2.94. The molecule has 5 nitrogen and oxygen atoms in total. The highest BCUT2D eigenvalue weighted by Gasteiger charge is 2.32. The van der Waals surface area contributed by atoms with Crippen LogP contribution in [-0.2, 0) is 0 Å². The first-order valence-corrected chi connectivity index (χ1v) is 11.7. The van der Waals surface area contributed by atoms with Crippen molar-refractivity contribution in [1.82, 2.24) is 10.3 Å². The predicted molar refractivity (Wildman–Crippen MR) is 128 cm³/mol. The van der Waals surface area contributed by atoms with Crippen LogP contribution >= 0.6 is 0 Å². The van der Waals surface area contributed by atoms with Crippen molar-refractivity contribution >= 4 is 17.0 Å². The molecule has 3 N–H and O–H groups in total. The molecule has 1 saturated carbocycles. The number of nitrogens with zero attached hydrogens (tertiary/aromatic N) is 1. The number of aromatic nitrogens is 1. The van der Waals surface area contributed by atoms with Gasteiger partial charge in [0.1, 0.15) is 29.0 Å². The maximum atomic E-state index is 14.4. The maximum Gasteiger partial charge on any atom is 0.153 e. The number of rotatable bonds is 8. The van der Waals surface area contributed by atoms with Gasteiger partial charge in [-0.1, -0.05) is 12.2 Å². The molecule has 1 fully saturated rings. The molecule has 0 unspecified atom stereocenters. The van der Waals surface area contributed by atoms with Crippen LogP contribution in [0.4, 0.5) is 13.2 Å². The molecule has 35 heavy (non-hydrogen) atoms. The Morgan fingerprint density at radius 1 is 1.06 bits per heavy atom. The number of ether oxygens (including phenoxy) is 1. The van der Waals surface area contributed by atoms with Crippen molar-refractivity contribution < 1.29 is 28.1 Å². The lowest BCUT2D eigenvalue weighted by atomic mass is 9.79. The molecule has 1 heterocycles. The van der Waals surface area contributed by atoms with Crippen molar-refractivity contribution in [2.45, 2.75) is 43.9 Å². The average Bonchev–Trinajstić information content (AvgIpc) is 2.87. The molecule has 8 heteroatoms. The molecule has 3 aromatic rings. The van der Waals surface area contributed by atoms with E-state index in [0.717, 1.165) is 31.0 Å². The van der Waals surface area contributed by atoms with Gasteiger partial charge in [0.2, 0.25) is 0 Å². The summed E-state index contributed by atoms with van der Waals surface area (Å²) in [6.07, 6.45) is 5.55. The van der Waals surface area contributed by atoms with Crippen molar-refractivity contribution in [2.75, 3.05) is 13.7 Å². The van der Waals surface area contributed by atoms with Crippen molar-refractivity contribution in [2.24, 2.45) is 5.92 Å². The summed E-state index contributed by atoms with van der Waals surface area (Å²) < 4.78 is 46.5. The highest BCUT2D eigenvalue weighted by atomic mass is 19.1. The van der Waals surface area contributed by atoms with Crippen LogP contribution in [0.5, 0.6) is 5.75 Å². The zero-order chi connectivity index (χ0) is 24.9. The topological polar surface area (TPSA) is 74.6 Å². The summed E-state index contributed by atoms with van der Waals surface area (Å²) in [4.78, 5) is 4.07. The molecule has 0 amide bonds.